The first-order valence-corrected chi connectivity index (χ1v) is 5.99. The molecule has 1 aromatic heterocycles. The molecule has 0 aliphatic carbocycles. The molecule has 1 aliphatic rings. The zero-order valence-electron chi connectivity index (χ0n) is 10.5. The zero-order valence-corrected chi connectivity index (χ0v) is 10.5. The maximum Gasteiger partial charge on any atom is 0.351 e. The van der Waals surface area contributed by atoms with Crippen molar-refractivity contribution in [2.24, 2.45) is 0 Å². The Hall–Kier alpha value is -1.48. The molecule has 106 valence electrons. The summed E-state index contributed by atoms with van der Waals surface area (Å²) in [4.78, 5) is 15.4. The van der Waals surface area contributed by atoms with Crippen molar-refractivity contribution in [2.75, 3.05) is 18.9 Å². The third-order valence-corrected chi connectivity index (χ3v) is 2.98. The number of aliphatic hydroxyl groups is 2. The molecule has 19 heavy (non-hydrogen) atoms. The van der Waals surface area contributed by atoms with Gasteiger partial charge in [-0.25, -0.2) is 4.79 Å². The van der Waals surface area contributed by atoms with Gasteiger partial charge in [-0.15, -0.1) is 0 Å². The maximum absolute atomic E-state index is 11.8. The number of aromatic nitrogens is 2. The molecule has 0 saturated carbocycles. The molecule has 1 fully saturated rings. The Morgan fingerprint density at radius 2 is 2.37 bits per heavy atom. The molecule has 1 saturated heterocycles. The largest absolute Gasteiger partial charge is 0.394 e. The van der Waals surface area contributed by atoms with Crippen LogP contribution in [0.2, 0.25) is 0 Å². The lowest BCUT2D eigenvalue weighted by molar-refractivity contribution is -0.0716. The highest BCUT2D eigenvalue weighted by atomic mass is 16.6. The van der Waals surface area contributed by atoms with E-state index in [0.717, 1.165) is 0 Å². The molecule has 0 aromatic carbocycles. The van der Waals surface area contributed by atoms with Crippen LogP contribution in [0, 0.1) is 0 Å². The normalized spacial score (nSPS) is 30.7. The summed E-state index contributed by atoms with van der Waals surface area (Å²) in [6.07, 6.45) is -1.98. The number of anilines is 1. The van der Waals surface area contributed by atoms with Crippen LogP contribution >= 0.6 is 0 Å². The third-order valence-electron chi connectivity index (χ3n) is 2.98. The first-order chi connectivity index (χ1) is 9.08. The Labute approximate surface area is 109 Å². The van der Waals surface area contributed by atoms with E-state index in [-0.39, 0.29) is 12.4 Å². The van der Waals surface area contributed by atoms with Crippen LogP contribution in [0.4, 0.5) is 5.82 Å². The second-order valence-electron chi connectivity index (χ2n) is 4.20. The molecule has 8 heteroatoms. The second kappa shape index (κ2) is 5.66. The van der Waals surface area contributed by atoms with Crippen LogP contribution in [0.25, 0.3) is 0 Å². The van der Waals surface area contributed by atoms with Gasteiger partial charge in [0, 0.05) is 12.8 Å². The van der Waals surface area contributed by atoms with Crippen LogP contribution in [0.1, 0.15) is 13.2 Å². The lowest BCUT2D eigenvalue weighted by Crippen LogP contribution is -2.38. The zero-order chi connectivity index (χ0) is 14.0. The molecule has 2 rings (SSSR count). The van der Waals surface area contributed by atoms with Gasteiger partial charge >= 0.3 is 5.69 Å². The van der Waals surface area contributed by atoms with Crippen molar-refractivity contribution >= 4 is 5.82 Å². The van der Waals surface area contributed by atoms with E-state index < -0.39 is 30.2 Å². The number of hydrogen-bond donors (Lipinski definition) is 3. The molecule has 0 amide bonds. The molecule has 4 unspecified atom stereocenters. The molecule has 2 heterocycles. The van der Waals surface area contributed by atoms with Crippen LogP contribution in [-0.4, -0.2) is 51.3 Å². The highest BCUT2D eigenvalue weighted by Gasteiger charge is 2.45. The van der Waals surface area contributed by atoms with Crippen molar-refractivity contribution in [3.63, 3.8) is 0 Å². The van der Waals surface area contributed by atoms with E-state index >= 15 is 0 Å². The molecular weight excluding hydrogens is 254 g/mol. The molecule has 1 aliphatic heterocycles. The summed E-state index contributed by atoms with van der Waals surface area (Å²) in [5.74, 6) is 0.103. The Kier molecular flexibility index (Phi) is 4.15. The number of rotatable bonds is 4. The Balaban J connectivity index is 2.33. The van der Waals surface area contributed by atoms with Crippen LogP contribution in [-0.2, 0) is 9.47 Å². The highest BCUT2D eigenvalue weighted by molar-refractivity contribution is 5.23. The molecule has 0 bridgehead atoms. The minimum absolute atomic E-state index is 0.103. The average molecular weight is 271 g/mol. The van der Waals surface area contributed by atoms with Crippen molar-refractivity contribution in [1.29, 1.82) is 0 Å². The SMILES string of the molecule is CCOC1C(O)C(CO)OC1n1ccc(N)nc1=O. The van der Waals surface area contributed by atoms with E-state index in [0.29, 0.717) is 6.61 Å². The fraction of sp³-hybridized carbons (Fsp3) is 0.636. The van der Waals surface area contributed by atoms with Gasteiger partial charge in [-0.1, -0.05) is 0 Å². The van der Waals surface area contributed by atoms with Crippen molar-refractivity contribution in [1.82, 2.24) is 9.55 Å². The monoisotopic (exact) mass is 271 g/mol. The van der Waals surface area contributed by atoms with Crippen molar-refractivity contribution < 1.29 is 19.7 Å². The molecule has 4 atom stereocenters. The van der Waals surface area contributed by atoms with Gasteiger partial charge in [-0.3, -0.25) is 4.57 Å². The number of ether oxygens (including phenoxy) is 2. The topological polar surface area (TPSA) is 120 Å². The van der Waals surface area contributed by atoms with Gasteiger partial charge in [-0.05, 0) is 13.0 Å². The van der Waals surface area contributed by atoms with E-state index in [1.54, 1.807) is 6.92 Å². The smallest absolute Gasteiger partial charge is 0.351 e. The Morgan fingerprint density at radius 1 is 1.63 bits per heavy atom. The van der Waals surface area contributed by atoms with Gasteiger partial charge in [0.25, 0.3) is 0 Å². The van der Waals surface area contributed by atoms with Crippen molar-refractivity contribution in [2.45, 2.75) is 31.5 Å². The number of nitrogens with zero attached hydrogens (tertiary/aromatic N) is 2. The molecular formula is C11H17N3O5. The van der Waals surface area contributed by atoms with Crippen molar-refractivity contribution in [3.8, 4) is 0 Å². The van der Waals surface area contributed by atoms with Crippen LogP contribution in [0.15, 0.2) is 17.1 Å². The molecule has 4 N–H and O–H groups in total. The summed E-state index contributed by atoms with van der Waals surface area (Å²) in [6, 6.07) is 1.45. The van der Waals surface area contributed by atoms with E-state index in [4.69, 9.17) is 20.3 Å². The summed E-state index contributed by atoms with van der Waals surface area (Å²) >= 11 is 0. The van der Waals surface area contributed by atoms with Gasteiger partial charge < -0.3 is 25.4 Å². The third kappa shape index (κ3) is 2.61. The first kappa shape index (κ1) is 13.9. The number of aliphatic hydroxyl groups excluding tert-OH is 2. The predicted octanol–water partition coefficient (Wildman–Crippen LogP) is -1.52. The van der Waals surface area contributed by atoms with Gasteiger partial charge in [0.05, 0.1) is 6.61 Å². The standard InChI is InChI=1S/C11H17N3O5/c1-2-18-9-8(16)6(5-15)19-10(9)14-4-3-7(12)13-11(14)17/h3-4,6,8-10,15-16H,2,5H2,1H3,(H2,12,13,17). The minimum atomic E-state index is -1.01. The predicted molar refractivity (Wildman–Crippen MR) is 65.3 cm³/mol. The van der Waals surface area contributed by atoms with Gasteiger partial charge in [0.1, 0.15) is 24.1 Å². The van der Waals surface area contributed by atoms with E-state index in [2.05, 4.69) is 4.98 Å². The Bertz CT molecular complexity index is 491. The minimum Gasteiger partial charge on any atom is -0.394 e. The molecule has 8 nitrogen and oxygen atoms in total. The van der Waals surface area contributed by atoms with E-state index in [9.17, 15) is 9.90 Å². The maximum atomic E-state index is 11.8. The highest BCUT2D eigenvalue weighted by Crippen LogP contribution is 2.30. The first-order valence-electron chi connectivity index (χ1n) is 5.99. The lowest BCUT2D eigenvalue weighted by Gasteiger charge is -2.21. The van der Waals surface area contributed by atoms with E-state index in [1.807, 2.05) is 0 Å². The van der Waals surface area contributed by atoms with Gasteiger partial charge in [-0.2, -0.15) is 4.98 Å². The quantitative estimate of drug-likeness (QED) is 0.608. The molecule has 1 aromatic rings. The van der Waals surface area contributed by atoms with Crippen LogP contribution in [0.5, 0.6) is 0 Å². The average Bonchev–Trinajstić information content (AvgIpc) is 2.68. The molecule has 0 spiro atoms. The summed E-state index contributed by atoms with van der Waals surface area (Å²) in [7, 11) is 0. The van der Waals surface area contributed by atoms with Crippen molar-refractivity contribution in [3.05, 3.63) is 22.7 Å². The fourth-order valence-electron chi connectivity index (χ4n) is 2.09. The summed E-state index contributed by atoms with van der Waals surface area (Å²) in [6.45, 7) is 1.75. The lowest BCUT2D eigenvalue weighted by atomic mass is 10.1. The summed E-state index contributed by atoms with van der Waals surface area (Å²) in [5.41, 5.74) is 4.82. The number of nitrogen functional groups attached to an aromatic ring is 1. The Morgan fingerprint density at radius 3 is 2.95 bits per heavy atom. The van der Waals surface area contributed by atoms with E-state index in [1.165, 1.54) is 16.8 Å². The summed E-state index contributed by atoms with van der Waals surface area (Å²) < 4.78 is 12.0. The fourth-order valence-corrected chi connectivity index (χ4v) is 2.09. The summed E-state index contributed by atoms with van der Waals surface area (Å²) in [5, 5.41) is 19.1. The van der Waals surface area contributed by atoms with Crippen LogP contribution in [0.3, 0.4) is 0 Å². The van der Waals surface area contributed by atoms with Gasteiger partial charge in [0.15, 0.2) is 6.23 Å². The molecule has 0 radical (unpaired) electrons. The van der Waals surface area contributed by atoms with Crippen LogP contribution < -0.4 is 11.4 Å². The van der Waals surface area contributed by atoms with Gasteiger partial charge in [0.2, 0.25) is 0 Å². The number of hydrogen-bond acceptors (Lipinski definition) is 7. The number of nitrogens with two attached hydrogens (primary N) is 1. The second-order valence-corrected chi connectivity index (χ2v) is 4.20.